The van der Waals surface area contributed by atoms with Crippen molar-refractivity contribution in [3.63, 3.8) is 0 Å². The fourth-order valence-electron chi connectivity index (χ4n) is 2.07. The van der Waals surface area contributed by atoms with Crippen molar-refractivity contribution in [2.45, 2.75) is 33.6 Å². The van der Waals surface area contributed by atoms with E-state index in [0.717, 1.165) is 36.5 Å². The average molecular weight is 291 g/mol. The summed E-state index contributed by atoms with van der Waals surface area (Å²) in [6, 6.07) is 3.60. The minimum atomic E-state index is 0.567. The van der Waals surface area contributed by atoms with Crippen LogP contribution in [0.4, 0.5) is 5.82 Å². The molecule has 0 radical (unpaired) electrons. The largest absolute Gasteiger partial charge is 0.370 e. The molecule has 0 atom stereocenters. The molecule has 0 aromatic carbocycles. The van der Waals surface area contributed by atoms with Crippen molar-refractivity contribution in [3.05, 3.63) is 34.6 Å². The van der Waals surface area contributed by atoms with Crippen LogP contribution in [0.5, 0.6) is 0 Å². The lowest BCUT2D eigenvalue weighted by Gasteiger charge is -2.13. The molecule has 2 heterocycles. The molecule has 0 aliphatic carbocycles. The third-order valence-electron chi connectivity index (χ3n) is 3.08. The van der Waals surface area contributed by atoms with Gasteiger partial charge in [0.05, 0.1) is 5.02 Å². The summed E-state index contributed by atoms with van der Waals surface area (Å²) in [6.07, 6.45) is 3.65. The van der Waals surface area contributed by atoms with Gasteiger partial charge >= 0.3 is 0 Å². The Labute approximate surface area is 124 Å². The van der Waals surface area contributed by atoms with Crippen molar-refractivity contribution in [1.29, 1.82) is 0 Å². The number of nitrogens with one attached hydrogen (secondary N) is 1. The van der Waals surface area contributed by atoms with E-state index in [-0.39, 0.29) is 0 Å². The Bertz CT molecular complexity index is 598. The van der Waals surface area contributed by atoms with Crippen LogP contribution in [-0.4, -0.2) is 21.5 Å². The molecular weight excluding hydrogens is 272 g/mol. The summed E-state index contributed by atoms with van der Waals surface area (Å²) >= 11 is 6.18. The van der Waals surface area contributed by atoms with Gasteiger partial charge < -0.3 is 5.32 Å². The number of pyridine rings is 1. The zero-order chi connectivity index (χ0) is 14.5. The molecule has 0 spiro atoms. The van der Waals surface area contributed by atoms with Crippen molar-refractivity contribution >= 4 is 17.4 Å². The van der Waals surface area contributed by atoms with Gasteiger partial charge in [-0.2, -0.15) is 0 Å². The fourth-order valence-corrected chi connectivity index (χ4v) is 2.27. The number of anilines is 1. The van der Waals surface area contributed by atoms with Gasteiger partial charge in [0.25, 0.3) is 0 Å². The van der Waals surface area contributed by atoms with Crippen molar-refractivity contribution in [2.75, 3.05) is 11.9 Å². The van der Waals surface area contributed by atoms with Gasteiger partial charge in [-0.3, -0.25) is 4.98 Å². The van der Waals surface area contributed by atoms with E-state index in [2.05, 4.69) is 34.1 Å². The Kier molecular flexibility index (Phi) is 4.90. The third-order valence-corrected chi connectivity index (χ3v) is 3.39. The summed E-state index contributed by atoms with van der Waals surface area (Å²) in [6.45, 7) is 7.12. The highest BCUT2D eigenvalue weighted by Gasteiger charge is 2.14. The topological polar surface area (TPSA) is 50.7 Å². The number of rotatable bonds is 5. The molecule has 0 aliphatic rings. The lowest BCUT2D eigenvalue weighted by atomic mass is 10.1. The monoisotopic (exact) mass is 290 g/mol. The molecular formula is C15H19ClN4. The first-order valence-electron chi connectivity index (χ1n) is 6.89. The molecule has 0 bridgehead atoms. The number of nitrogens with zero attached hydrogens (tertiary/aromatic N) is 3. The Balaban J connectivity index is 2.50. The maximum atomic E-state index is 6.18. The van der Waals surface area contributed by atoms with E-state index in [4.69, 9.17) is 11.6 Å². The first kappa shape index (κ1) is 14.7. The first-order chi connectivity index (χ1) is 9.67. The summed E-state index contributed by atoms with van der Waals surface area (Å²) in [4.78, 5) is 13.4. The van der Waals surface area contributed by atoms with Gasteiger partial charge in [-0.1, -0.05) is 25.4 Å². The van der Waals surface area contributed by atoms with Gasteiger partial charge in [-0.25, -0.2) is 9.97 Å². The predicted octanol–water partition coefficient (Wildman–Crippen LogP) is 3.88. The van der Waals surface area contributed by atoms with Crippen LogP contribution < -0.4 is 5.32 Å². The van der Waals surface area contributed by atoms with E-state index >= 15 is 0 Å². The number of hydrogen-bond donors (Lipinski definition) is 1. The highest BCUT2D eigenvalue weighted by molar-refractivity contribution is 6.32. The standard InChI is InChI=1S/C15H19ClN4/c1-4-8-18-14-11(5-2)10(3)19-15(20-14)13-12(16)7-6-9-17-13/h6-7,9H,4-5,8H2,1-3H3,(H,18,19,20). The molecule has 2 aromatic rings. The SMILES string of the molecule is CCCNc1nc(-c2ncccc2Cl)nc(C)c1CC. The molecule has 5 heteroatoms. The zero-order valence-corrected chi connectivity index (χ0v) is 12.8. The molecule has 2 rings (SSSR count). The Morgan fingerprint density at radius 1 is 1.25 bits per heavy atom. The first-order valence-corrected chi connectivity index (χ1v) is 7.27. The molecule has 0 saturated carbocycles. The van der Waals surface area contributed by atoms with E-state index in [1.54, 1.807) is 18.3 Å². The van der Waals surface area contributed by atoms with Crippen LogP contribution in [0.3, 0.4) is 0 Å². The molecule has 106 valence electrons. The molecule has 0 aliphatic heterocycles. The third kappa shape index (κ3) is 3.07. The molecule has 0 fully saturated rings. The van der Waals surface area contributed by atoms with Crippen molar-refractivity contribution in [3.8, 4) is 11.5 Å². The lowest BCUT2D eigenvalue weighted by molar-refractivity contribution is 0.936. The minimum absolute atomic E-state index is 0.567. The van der Waals surface area contributed by atoms with Crippen LogP contribution >= 0.6 is 11.6 Å². The maximum absolute atomic E-state index is 6.18. The molecule has 0 saturated heterocycles. The van der Waals surface area contributed by atoms with E-state index in [1.165, 1.54) is 0 Å². The molecule has 20 heavy (non-hydrogen) atoms. The van der Waals surface area contributed by atoms with E-state index < -0.39 is 0 Å². The predicted molar refractivity (Wildman–Crippen MR) is 83.2 cm³/mol. The summed E-state index contributed by atoms with van der Waals surface area (Å²) < 4.78 is 0. The number of aryl methyl sites for hydroxylation is 1. The number of halogens is 1. The van der Waals surface area contributed by atoms with E-state index in [0.29, 0.717) is 16.5 Å². The van der Waals surface area contributed by atoms with Crippen LogP contribution in [0.25, 0.3) is 11.5 Å². The lowest BCUT2D eigenvalue weighted by Crippen LogP contribution is -2.09. The van der Waals surface area contributed by atoms with E-state index in [1.807, 2.05) is 6.92 Å². The zero-order valence-electron chi connectivity index (χ0n) is 12.1. The number of aromatic nitrogens is 3. The van der Waals surface area contributed by atoms with Crippen LogP contribution in [0.2, 0.25) is 5.02 Å². The van der Waals surface area contributed by atoms with Crippen LogP contribution in [0.1, 0.15) is 31.5 Å². The van der Waals surface area contributed by atoms with Gasteiger partial charge in [0.1, 0.15) is 11.5 Å². The molecule has 2 aromatic heterocycles. The summed E-state index contributed by atoms with van der Waals surface area (Å²) in [5.74, 6) is 1.46. The van der Waals surface area contributed by atoms with Crippen molar-refractivity contribution in [1.82, 2.24) is 15.0 Å². The normalized spacial score (nSPS) is 10.6. The Hall–Kier alpha value is -1.68. The van der Waals surface area contributed by atoms with Gasteiger partial charge in [0, 0.05) is 24.0 Å². The second kappa shape index (κ2) is 6.66. The molecule has 0 amide bonds. The molecule has 1 N–H and O–H groups in total. The number of hydrogen-bond acceptors (Lipinski definition) is 4. The van der Waals surface area contributed by atoms with Crippen molar-refractivity contribution in [2.24, 2.45) is 0 Å². The Morgan fingerprint density at radius 2 is 2.05 bits per heavy atom. The van der Waals surface area contributed by atoms with Gasteiger partial charge in [0.15, 0.2) is 5.82 Å². The molecule has 4 nitrogen and oxygen atoms in total. The smallest absolute Gasteiger partial charge is 0.181 e. The van der Waals surface area contributed by atoms with Crippen LogP contribution in [-0.2, 0) is 6.42 Å². The summed E-state index contributed by atoms with van der Waals surface area (Å²) in [5, 5.41) is 3.93. The fraction of sp³-hybridized carbons (Fsp3) is 0.400. The average Bonchev–Trinajstić information content (AvgIpc) is 2.45. The quantitative estimate of drug-likeness (QED) is 0.908. The summed E-state index contributed by atoms with van der Waals surface area (Å²) in [7, 11) is 0. The van der Waals surface area contributed by atoms with Gasteiger partial charge in [-0.05, 0) is 31.9 Å². The van der Waals surface area contributed by atoms with Crippen LogP contribution in [0.15, 0.2) is 18.3 Å². The Morgan fingerprint density at radius 3 is 2.70 bits per heavy atom. The van der Waals surface area contributed by atoms with Crippen LogP contribution in [0, 0.1) is 6.92 Å². The van der Waals surface area contributed by atoms with Gasteiger partial charge in [0.2, 0.25) is 0 Å². The van der Waals surface area contributed by atoms with Gasteiger partial charge in [-0.15, -0.1) is 0 Å². The highest BCUT2D eigenvalue weighted by Crippen LogP contribution is 2.26. The second-order valence-electron chi connectivity index (χ2n) is 4.57. The van der Waals surface area contributed by atoms with E-state index in [9.17, 15) is 0 Å². The maximum Gasteiger partial charge on any atom is 0.181 e. The van der Waals surface area contributed by atoms with Crippen molar-refractivity contribution < 1.29 is 0 Å². The molecule has 0 unspecified atom stereocenters. The highest BCUT2D eigenvalue weighted by atomic mass is 35.5. The second-order valence-corrected chi connectivity index (χ2v) is 4.98. The minimum Gasteiger partial charge on any atom is -0.370 e. The summed E-state index contributed by atoms with van der Waals surface area (Å²) in [5.41, 5.74) is 2.74.